The van der Waals surface area contributed by atoms with Crippen molar-refractivity contribution in [3.63, 3.8) is 0 Å². The van der Waals surface area contributed by atoms with Gasteiger partial charge in [0.1, 0.15) is 5.82 Å². The van der Waals surface area contributed by atoms with E-state index in [1.54, 1.807) is 0 Å². The first-order valence-electron chi connectivity index (χ1n) is 7.80. The summed E-state index contributed by atoms with van der Waals surface area (Å²) in [5, 5.41) is 5.32. The number of anilines is 1. The molecular weight excluding hydrogens is 318 g/mol. The molecular formula is C20H16ClN3. The van der Waals surface area contributed by atoms with Crippen LogP contribution in [0.1, 0.15) is 5.56 Å². The van der Waals surface area contributed by atoms with Gasteiger partial charge in [-0.05, 0) is 42.0 Å². The molecule has 0 aliphatic heterocycles. The third-order valence-electron chi connectivity index (χ3n) is 3.95. The summed E-state index contributed by atoms with van der Waals surface area (Å²) in [6.45, 7) is 0.756. The number of nitrogens with zero attached hydrogens (tertiary/aromatic N) is 2. The maximum atomic E-state index is 5.91. The minimum Gasteiger partial charge on any atom is -0.380 e. The van der Waals surface area contributed by atoms with E-state index in [-0.39, 0.29) is 0 Å². The van der Waals surface area contributed by atoms with Gasteiger partial charge in [-0.3, -0.25) is 0 Å². The molecule has 3 nitrogen and oxygen atoms in total. The fraction of sp³-hybridized carbons (Fsp3) is 0.0500. The molecule has 0 unspecified atom stereocenters. The zero-order valence-electron chi connectivity index (χ0n) is 13.0. The Labute approximate surface area is 145 Å². The summed E-state index contributed by atoms with van der Waals surface area (Å²) in [6.07, 6.45) is 4.06. The van der Waals surface area contributed by atoms with Gasteiger partial charge in [-0.2, -0.15) is 0 Å². The van der Waals surface area contributed by atoms with Gasteiger partial charge in [-0.1, -0.05) is 41.9 Å². The first kappa shape index (κ1) is 14.8. The Hall–Kier alpha value is -2.78. The van der Waals surface area contributed by atoms with Gasteiger partial charge in [0.05, 0.1) is 11.2 Å². The quantitative estimate of drug-likeness (QED) is 0.550. The monoisotopic (exact) mass is 333 g/mol. The summed E-state index contributed by atoms with van der Waals surface area (Å²) >= 11 is 5.91. The van der Waals surface area contributed by atoms with Crippen molar-refractivity contribution in [2.45, 2.75) is 6.54 Å². The maximum Gasteiger partial charge on any atom is 0.137 e. The summed E-state index contributed by atoms with van der Waals surface area (Å²) in [4.78, 5) is 4.71. The molecule has 4 heteroatoms. The molecule has 0 radical (unpaired) electrons. The van der Waals surface area contributed by atoms with Gasteiger partial charge < -0.3 is 9.88 Å². The number of hydrogen-bond donors (Lipinski definition) is 1. The van der Waals surface area contributed by atoms with Crippen LogP contribution >= 0.6 is 11.6 Å². The molecule has 0 amide bonds. The minimum atomic E-state index is 0.756. The zero-order valence-corrected chi connectivity index (χ0v) is 13.7. The average Bonchev–Trinajstić information content (AvgIpc) is 3.10. The van der Waals surface area contributed by atoms with Crippen molar-refractivity contribution in [2.75, 3.05) is 5.32 Å². The molecule has 2 aromatic heterocycles. The fourth-order valence-corrected chi connectivity index (χ4v) is 2.78. The fourth-order valence-electron chi connectivity index (χ4n) is 2.65. The largest absolute Gasteiger partial charge is 0.380 e. The Morgan fingerprint density at radius 1 is 0.917 bits per heavy atom. The molecule has 0 saturated heterocycles. The molecule has 0 fully saturated rings. The van der Waals surface area contributed by atoms with Crippen LogP contribution in [-0.4, -0.2) is 9.55 Å². The molecule has 0 aliphatic rings. The van der Waals surface area contributed by atoms with Gasteiger partial charge in [0.2, 0.25) is 0 Å². The number of nitrogens with one attached hydrogen (secondary N) is 1. The molecule has 0 atom stereocenters. The van der Waals surface area contributed by atoms with Crippen LogP contribution in [0.25, 0.3) is 16.7 Å². The van der Waals surface area contributed by atoms with Crippen molar-refractivity contribution in [3.8, 4) is 5.82 Å². The van der Waals surface area contributed by atoms with Crippen molar-refractivity contribution < 1.29 is 0 Å². The number of fused-ring (bicyclic) bond motifs is 1. The number of para-hydroxylation sites is 1. The summed E-state index contributed by atoms with van der Waals surface area (Å²) in [5.41, 5.74) is 3.25. The van der Waals surface area contributed by atoms with Gasteiger partial charge in [0.15, 0.2) is 0 Å². The van der Waals surface area contributed by atoms with E-state index < -0.39 is 0 Å². The van der Waals surface area contributed by atoms with Crippen LogP contribution in [0, 0.1) is 0 Å². The van der Waals surface area contributed by atoms with E-state index in [0.717, 1.165) is 34.0 Å². The van der Waals surface area contributed by atoms with Gasteiger partial charge in [0.25, 0.3) is 0 Å². The molecule has 2 heterocycles. The Morgan fingerprint density at radius 2 is 1.75 bits per heavy atom. The van der Waals surface area contributed by atoms with Crippen molar-refractivity contribution in [1.29, 1.82) is 0 Å². The maximum absolute atomic E-state index is 5.91. The lowest BCUT2D eigenvalue weighted by Gasteiger charge is -2.05. The Kier molecular flexibility index (Phi) is 3.93. The minimum absolute atomic E-state index is 0.756. The normalized spacial score (nSPS) is 10.9. The second kappa shape index (κ2) is 6.38. The lowest BCUT2D eigenvalue weighted by atomic mass is 10.2. The van der Waals surface area contributed by atoms with Crippen LogP contribution in [0.4, 0.5) is 5.69 Å². The summed E-state index contributed by atoms with van der Waals surface area (Å²) in [6, 6.07) is 22.2. The molecule has 1 N–H and O–H groups in total. The van der Waals surface area contributed by atoms with Crippen molar-refractivity contribution >= 4 is 28.2 Å². The van der Waals surface area contributed by atoms with E-state index in [1.165, 1.54) is 5.56 Å². The molecule has 4 aromatic rings. The highest BCUT2D eigenvalue weighted by atomic mass is 35.5. The molecule has 4 rings (SSSR count). The number of halogens is 1. The Morgan fingerprint density at radius 3 is 2.62 bits per heavy atom. The highest BCUT2D eigenvalue weighted by Crippen LogP contribution is 2.18. The van der Waals surface area contributed by atoms with E-state index in [1.807, 2.05) is 71.6 Å². The number of pyridine rings is 1. The number of rotatable bonds is 4. The average molecular weight is 334 g/mol. The summed E-state index contributed by atoms with van der Waals surface area (Å²) in [7, 11) is 0. The van der Waals surface area contributed by atoms with E-state index in [2.05, 4.69) is 17.4 Å². The number of hydrogen-bond acceptors (Lipinski definition) is 2. The third kappa shape index (κ3) is 3.12. The van der Waals surface area contributed by atoms with Crippen molar-refractivity contribution in [2.24, 2.45) is 0 Å². The van der Waals surface area contributed by atoms with Gasteiger partial charge in [-0.15, -0.1) is 0 Å². The lowest BCUT2D eigenvalue weighted by molar-refractivity contribution is 1.02. The Bertz CT molecular complexity index is 974. The van der Waals surface area contributed by atoms with Crippen LogP contribution in [0.3, 0.4) is 0 Å². The molecule has 0 saturated carbocycles. The Balaban J connectivity index is 1.52. The standard InChI is InChI=1S/C20H16ClN3/c21-17-8-5-15(6-9-17)13-22-18-11-12-24(14-18)20-10-7-16-3-1-2-4-19(16)23-20/h1-12,14,22H,13H2. The molecule has 0 aliphatic carbocycles. The molecule has 0 spiro atoms. The first-order valence-corrected chi connectivity index (χ1v) is 8.18. The molecule has 24 heavy (non-hydrogen) atoms. The summed E-state index contributed by atoms with van der Waals surface area (Å²) in [5.74, 6) is 0.910. The van der Waals surface area contributed by atoms with Crippen LogP contribution in [0.2, 0.25) is 5.02 Å². The van der Waals surface area contributed by atoms with Gasteiger partial charge >= 0.3 is 0 Å². The van der Waals surface area contributed by atoms with E-state index in [9.17, 15) is 0 Å². The van der Waals surface area contributed by atoms with Crippen LogP contribution in [0.5, 0.6) is 0 Å². The zero-order chi connectivity index (χ0) is 16.4. The molecule has 2 aromatic carbocycles. The predicted molar refractivity (Wildman–Crippen MR) is 99.8 cm³/mol. The second-order valence-electron chi connectivity index (χ2n) is 5.65. The van der Waals surface area contributed by atoms with Crippen molar-refractivity contribution in [1.82, 2.24) is 9.55 Å². The smallest absolute Gasteiger partial charge is 0.137 e. The second-order valence-corrected chi connectivity index (χ2v) is 6.09. The van der Waals surface area contributed by atoms with Crippen LogP contribution in [0.15, 0.2) is 79.1 Å². The van der Waals surface area contributed by atoms with Gasteiger partial charge in [-0.25, -0.2) is 4.98 Å². The molecule has 118 valence electrons. The van der Waals surface area contributed by atoms with E-state index in [0.29, 0.717) is 0 Å². The predicted octanol–water partition coefficient (Wildman–Crippen LogP) is 5.29. The van der Waals surface area contributed by atoms with E-state index >= 15 is 0 Å². The first-order chi connectivity index (χ1) is 11.8. The number of aromatic nitrogens is 2. The number of benzene rings is 2. The van der Waals surface area contributed by atoms with Gasteiger partial charge in [0, 0.05) is 29.3 Å². The summed E-state index contributed by atoms with van der Waals surface area (Å²) < 4.78 is 2.02. The van der Waals surface area contributed by atoms with Crippen LogP contribution < -0.4 is 5.32 Å². The highest BCUT2D eigenvalue weighted by Gasteiger charge is 2.02. The van der Waals surface area contributed by atoms with Crippen molar-refractivity contribution in [3.05, 3.63) is 89.7 Å². The SMILES string of the molecule is Clc1ccc(CNc2ccn(-c3ccc4ccccc4n3)c2)cc1. The highest BCUT2D eigenvalue weighted by molar-refractivity contribution is 6.30. The topological polar surface area (TPSA) is 29.9 Å². The lowest BCUT2D eigenvalue weighted by Crippen LogP contribution is -1.98. The van der Waals surface area contributed by atoms with E-state index in [4.69, 9.17) is 16.6 Å². The van der Waals surface area contributed by atoms with Crippen LogP contribution in [-0.2, 0) is 6.54 Å². The third-order valence-corrected chi connectivity index (χ3v) is 4.20. The molecule has 0 bridgehead atoms.